The van der Waals surface area contributed by atoms with Crippen LogP contribution in [0, 0.1) is 6.92 Å². The molecule has 0 atom stereocenters. The maximum absolute atomic E-state index is 11.9. The molecule has 1 amide bonds. The van der Waals surface area contributed by atoms with E-state index >= 15 is 0 Å². The summed E-state index contributed by atoms with van der Waals surface area (Å²) in [4.78, 5) is 20.2. The first-order chi connectivity index (χ1) is 11.2. The molecular weight excluding hydrogens is 292 g/mol. The van der Waals surface area contributed by atoms with Gasteiger partial charge < -0.3 is 15.4 Å². The van der Waals surface area contributed by atoms with E-state index in [1.165, 1.54) is 11.8 Å². The van der Waals surface area contributed by atoms with Crippen LogP contribution >= 0.6 is 0 Å². The van der Waals surface area contributed by atoms with Crippen molar-refractivity contribution >= 4 is 11.7 Å². The van der Waals surface area contributed by atoms with E-state index in [1.807, 2.05) is 0 Å². The Kier molecular flexibility index (Phi) is 6.50. The van der Waals surface area contributed by atoms with Crippen molar-refractivity contribution in [1.82, 2.24) is 15.3 Å². The fourth-order valence-electron chi connectivity index (χ4n) is 1.94. The van der Waals surface area contributed by atoms with E-state index in [4.69, 9.17) is 4.74 Å². The normalized spacial score (nSPS) is 10.3. The number of carbonyl (C=O) groups excluding carboxylic acids is 1. The minimum absolute atomic E-state index is 0.223. The Morgan fingerprint density at radius 1 is 1.17 bits per heavy atom. The summed E-state index contributed by atoms with van der Waals surface area (Å²) in [7, 11) is 1.63. The van der Waals surface area contributed by atoms with Crippen LogP contribution in [0.4, 0.5) is 5.82 Å². The number of aromatic nitrogens is 2. The van der Waals surface area contributed by atoms with Gasteiger partial charge in [0.15, 0.2) is 0 Å². The van der Waals surface area contributed by atoms with E-state index in [0.29, 0.717) is 31.2 Å². The van der Waals surface area contributed by atoms with Crippen molar-refractivity contribution in [1.29, 1.82) is 0 Å². The number of aryl methyl sites for hydroxylation is 1. The molecule has 0 bridgehead atoms. The average Bonchev–Trinajstić information content (AvgIpc) is 2.58. The summed E-state index contributed by atoms with van der Waals surface area (Å²) in [5.41, 5.74) is 2.70. The number of rotatable bonds is 8. The summed E-state index contributed by atoms with van der Waals surface area (Å²) >= 11 is 0. The van der Waals surface area contributed by atoms with Gasteiger partial charge in [0.25, 0.3) is 5.91 Å². The molecule has 0 unspecified atom stereocenters. The number of carbonyl (C=O) groups is 1. The van der Waals surface area contributed by atoms with E-state index < -0.39 is 0 Å². The van der Waals surface area contributed by atoms with E-state index in [-0.39, 0.29) is 5.91 Å². The van der Waals surface area contributed by atoms with E-state index in [1.54, 1.807) is 13.3 Å². The minimum Gasteiger partial charge on any atom is -0.385 e. The van der Waals surface area contributed by atoms with Gasteiger partial charge in [0, 0.05) is 26.8 Å². The molecule has 6 heteroatoms. The fraction of sp³-hybridized carbons (Fsp3) is 0.353. The molecule has 1 aromatic carbocycles. The zero-order valence-electron chi connectivity index (χ0n) is 13.5. The third-order valence-corrected chi connectivity index (χ3v) is 3.29. The molecule has 2 aromatic rings. The number of ether oxygens (including phenoxy) is 1. The van der Waals surface area contributed by atoms with Gasteiger partial charge in [-0.05, 0) is 18.9 Å². The molecule has 0 saturated heterocycles. The van der Waals surface area contributed by atoms with Gasteiger partial charge >= 0.3 is 0 Å². The van der Waals surface area contributed by atoms with E-state index in [2.05, 4.69) is 51.8 Å². The zero-order chi connectivity index (χ0) is 16.5. The molecule has 0 radical (unpaired) electrons. The second-order valence-corrected chi connectivity index (χ2v) is 5.23. The van der Waals surface area contributed by atoms with E-state index in [9.17, 15) is 4.79 Å². The molecule has 1 heterocycles. The Morgan fingerprint density at radius 2 is 1.96 bits per heavy atom. The lowest BCUT2D eigenvalue weighted by molar-refractivity contribution is 0.0943. The largest absolute Gasteiger partial charge is 0.385 e. The monoisotopic (exact) mass is 314 g/mol. The quantitative estimate of drug-likeness (QED) is 0.730. The number of nitrogens with zero attached hydrogens (tertiary/aromatic N) is 2. The van der Waals surface area contributed by atoms with Crippen molar-refractivity contribution in [3.8, 4) is 0 Å². The Labute approximate surface area is 136 Å². The average molecular weight is 314 g/mol. The molecular formula is C17H22N4O2. The fourth-order valence-corrected chi connectivity index (χ4v) is 1.94. The highest BCUT2D eigenvalue weighted by Crippen LogP contribution is 2.07. The SMILES string of the molecule is COCCCNC(=O)c1cnc(NCc2ccc(C)cc2)cn1. The van der Waals surface area contributed by atoms with Gasteiger partial charge in [-0.25, -0.2) is 9.97 Å². The summed E-state index contributed by atoms with van der Waals surface area (Å²) in [6.07, 6.45) is 3.81. The molecule has 2 N–H and O–H groups in total. The molecule has 0 aliphatic carbocycles. The second kappa shape index (κ2) is 8.85. The number of anilines is 1. The van der Waals surface area contributed by atoms with Crippen molar-refractivity contribution in [2.24, 2.45) is 0 Å². The lowest BCUT2D eigenvalue weighted by Gasteiger charge is -2.07. The number of benzene rings is 1. The van der Waals surface area contributed by atoms with Crippen LogP contribution in [-0.4, -0.2) is 36.1 Å². The second-order valence-electron chi connectivity index (χ2n) is 5.23. The van der Waals surface area contributed by atoms with Crippen molar-refractivity contribution in [3.63, 3.8) is 0 Å². The van der Waals surface area contributed by atoms with Gasteiger partial charge in [0.05, 0.1) is 12.4 Å². The van der Waals surface area contributed by atoms with Gasteiger partial charge in [-0.1, -0.05) is 29.8 Å². The number of nitrogens with one attached hydrogen (secondary N) is 2. The van der Waals surface area contributed by atoms with Gasteiger partial charge in [-0.2, -0.15) is 0 Å². The highest BCUT2D eigenvalue weighted by Gasteiger charge is 2.07. The van der Waals surface area contributed by atoms with Gasteiger partial charge in [-0.15, -0.1) is 0 Å². The maximum atomic E-state index is 11.9. The highest BCUT2D eigenvalue weighted by molar-refractivity contribution is 5.91. The molecule has 0 aliphatic heterocycles. The van der Waals surface area contributed by atoms with Crippen LogP contribution in [0.1, 0.15) is 28.0 Å². The van der Waals surface area contributed by atoms with Crippen LogP contribution < -0.4 is 10.6 Å². The number of amides is 1. The van der Waals surface area contributed by atoms with E-state index in [0.717, 1.165) is 12.0 Å². The Bertz CT molecular complexity index is 611. The third-order valence-electron chi connectivity index (χ3n) is 3.29. The maximum Gasteiger partial charge on any atom is 0.271 e. The van der Waals surface area contributed by atoms with Gasteiger partial charge in [-0.3, -0.25) is 4.79 Å². The van der Waals surface area contributed by atoms with Gasteiger partial charge in [0.1, 0.15) is 11.5 Å². The molecule has 0 saturated carbocycles. The lowest BCUT2D eigenvalue weighted by atomic mass is 10.1. The summed E-state index contributed by atoms with van der Waals surface area (Å²) in [5.74, 6) is 0.417. The molecule has 122 valence electrons. The number of methoxy groups -OCH3 is 1. The minimum atomic E-state index is -0.223. The molecule has 0 aliphatic rings. The van der Waals surface area contributed by atoms with Crippen LogP contribution in [0.3, 0.4) is 0 Å². The molecule has 2 rings (SSSR count). The van der Waals surface area contributed by atoms with Crippen LogP contribution in [0.5, 0.6) is 0 Å². The summed E-state index contributed by atoms with van der Waals surface area (Å²) < 4.78 is 4.93. The molecule has 1 aromatic heterocycles. The highest BCUT2D eigenvalue weighted by atomic mass is 16.5. The van der Waals surface area contributed by atoms with Crippen molar-refractivity contribution in [2.45, 2.75) is 19.9 Å². The van der Waals surface area contributed by atoms with Gasteiger partial charge in [0.2, 0.25) is 0 Å². The zero-order valence-corrected chi connectivity index (χ0v) is 13.5. The van der Waals surface area contributed by atoms with Crippen LogP contribution in [0.15, 0.2) is 36.7 Å². The topological polar surface area (TPSA) is 76.1 Å². The molecule has 23 heavy (non-hydrogen) atoms. The smallest absolute Gasteiger partial charge is 0.271 e. The number of hydrogen-bond acceptors (Lipinski definition) is 5. The molecule has 0 fully saturated rings. The molecule has 6 nitrogen and oxygen atoms in total. The predicted octanol–water partition coefficient (Wildman–Crippen LogP) is 2.16. The third kappa shape index (κ3) is 5.67. The Hall–Kier alpha value is -2.47. The first-order valence-electron chi connectivity index (χ1n) is 7.57. The lowest BCUT2D eigenvalue weighted by Crippen LogP contribution is -2.26. The standard InChI is InChI=1S/C17H22N4O2/c1-13-4-6-14(7-5-13)10-20-16-12-19-15(11-21-16)17(22)18-8-3-9-23-2/h4-7,11-12H,3,8-10H2,1-2H3,(H,18,22)(H,20,21). The summed E-state index contributed by atoms with van der Waals surface area (Å²) in [5, 5.41) is 5.96. The van der Waals surface area contributed by atoms with Crippen molar-refractivity contribution in [3.05, 3.63) is 53.5 Å². The van der Waals surface area contributed by atoms with Crippen molar-refractivity contribution < 1.29 is 9.53 Å². The van der Waals surface area contributed by atoms with Crippen LogP contribution in [-0.2, 0) is 11.3 Å². The predicted molar refractivity (Wildman–Crippen MR) is 89.4 cm³/mol. The summed E-state index contributed by atoms with van der Waals surface area (Å²) in [6, 6.07) is 8.27. The first kappa shape index (κ1) is 16.9. The Balaban J connectivity index is 1.81. The van der Waals surface area contributed by atoms with Crippen LogP contribution in [0.25, 0.3) is 0 Å². The first-order valence-corrected chi connectivity index (χ1v) is 7.57. The molecule has 0 spiro atoms. The number of hydrogen-bond donors (Lipinski definition) is 2. The van der Waals surface area contributed by atoms with Crippen molar-refractivity contribution in [2.75, 3.05) is 25.6 Å². The summed E-state index contributed by atoms with van der Waals surface area (Å²) in [6.45, 7) is 3.90. The Morgan fingerprint density at radius 3 is 2.61 bits per heavy atom. The van der Waals surface area contributed by atoms with Crippen LogP contribution in [0.2, 0.25) is 0 Å².